The van der Waals surface area contributed by atoms with Crippen molar-refractivity contribution in [2.75, 3.05) is 24.5 Å². The van der Waals surface area contributed by atoms with Crippen LogP contribution in [0.15, 0.2) is 18.3 Å². The number of aromatic nitrogens is 1. The van der Waals surface area contributed by atoms with Gasteiger partial charge in [-0.3, -0.25) is 0 Å². The van der Waals surface area contributed by atoms with Crippen molar-refractivity contribution < 1.29 is 0 Å². The van der Waals surface area contributed by atoms with E-state index in [1.165, 1.54) is 25.7 Å². The second-order valence-corrected chi connectivity index (χ2v) is 5.56. The van der Waals surface area contributed by atoms with Gasteiger partial charge in [0.25, 0.3) is 0 Å². The molecule has 0 amide bonds. The first kappa shape index (κ1) is 12.4. The molecule has 1 aromatic rings. The van der Waals surface area contributed by atoms with Crippen LogP contribution < -0.4 is 10.2 Å². The number of pyridine rings is 1. The minimum atomic E-state index is 0.608. The van der Waals surface area contributed by atoms with Crippen molar-refractivity contribution in [2.24, 2.45) is 5.92 Å². The first-order valence-electron chi connectivity index (χ1n) is 7.21. The van der Waals surface area contributed by atoms with Crippen LogP contribution in [-0.2, 0) is 0 Å². The van der Waals surface area contributed by atoms with Gasteiger partial charge in [0.1, 0.15) is 11.9 Å². The van der Waals surface area contributed by atoms with Crippen molar-refractivity contribution in [1.82, 2.24) is 10.3 Å². The molecule has 1 aromatic heterocycles. The number of anilines is 1. The van der Waals surface area contributed by atoms with Gasteiger partial charge in [-0.05, 0) is 56.8 Å². The van der Waals surface area contributed by atoms with Gasteiger partial charge in [0.15, 0.2) is 0 Å². The van der Waals surface area contributed by atoms with E-state index in [4.69, 9.17) is 0 Å². The van der Waals surface area contributed by atoms with E-state index in [0.29, 0.717) is 11.6 Å². The van der Waals surface area contributed by atoms with E-state index in [0.717, 1.165) is 31.4 Å². The first-order valence-corrected chi connectivity index (χ1v) is 7.21. The molecule has 100 valence electrons. The Labute approximate surface area is 114 Å². The van der Waals surface area contributed by atoms with Crippen molar-refractivity contribution in [3.63, 3.8) is 0 Å². The molecule has 1 saturated carbocycles. The molecule has 1 aliphatic carbocycles. The average molecular weight is 256 g/mol. The number of nitrogens with one attached hydrogen (secondary N) is 1. The molecule has 4 heteroatoms. The van der Waals surface area contributed by atoms with Crippen LogP contribution in [0.4, 0.5) is 5.82 Å². The molecule has 1 saturated heterocycles. The van der Waals surface area contributed by atoms with Crippen LogP contribution in [0.25, 0.3) is 0 Å². The number of nitrogens with zero attached hydrogens (tertiary/aromatic N) is 3. The third kappa shape index (κ3) is 2.87. The van der Waals surface area contributed by atoms with E-state index in [1.54, 1.807) is 6.20 Å². The Balaban J connectivity index is 1.78. The monoisotopic (exact) mass is 256 g/mol. The molecule has 3 rings (SSSR count). The lowest BCUT2D eigenvalue weighted by Gasteiger charge is -2.31. The Morgan fingerprint density at radius 2 is 2.11 bits per heavy atom. The highest BCUT2D eigenvalue weighted by molar-refractivity contribution is 5.55. The number of rotatable bonds is 4. The minimum absolute atomic E-state index is 0.608. The van der Waals surface area contributed by atoms with Gasteiger partial charge in [-0.25, -0.2) is 4.98 Å². The van der Waals surface area contributed by atoms with Crippen molar-refractivity contribution >= 4 is 5.82 Å². The van der Waals surface area contributed by atoms with Gasteiger partial charge in [-0.1, -0.05) is 0 Å². The molecule has 0 aromatic carbocycles. The zero-order chi connectivity index (χ0) is 13.1. The summed E-state index contributed by atoms with van der Waals surface area (Å²) in [6.45, 7) is 3.30. The van der Waals surface area contributed by atoms with E-state index >= 15 is 0 Å². The van der Waals surface area contributed by atoms with Crippen molar-refractivity contribution in [3.05, 3.63) is 23.9 Å². The summed E-state index contributed by atoms with van der Waals surface area (Å²) in [6.07, 6.45) is 6.75. The third-order valence-electron chi connectivity index (χ3n) is 4.08. The normalized spacial score (nSPS) is 19.9. The van der Waals surface area contributed by atoms with Gasteiger partial charge in [0.2, 0.25) is 0 Å². The summed E-state index contributed by atoms with van der Waals surface area (Å²) >= 11 is 0. The fourth-order valence-electron chi connectivity index (χ4n) is 2.85. The molecule has 1 aliphatic heterocycles. The number of hydrogen-bond donors (Lipinski definition) is 1. The summed E-state index contributed by atoms with van der Waals surface area (Å²) < 4.78 is 0. The SMILES string of the molecule is N#Cc1cccnc1N(CC1CCNCC1)C1CC1. The highest BCUT2D eigenvalue weighted by Crippen LogP contribution is 2.33. The maximum absolute atomic E-state index is 9.25. The zero-order valence-electron chi connectivity index (χ0n) is 11.2. The van der Waals surface area contributed by atoms with Crippen molar-refractivity contribution in [2.45, 2.75) is 31.7 Å². The molecule has 4 nitrogen and oxygen atoms in total. The van der Waals surface area contributed by atoms with Gasteiger partial charge < -0.3 is 10.2 Å². The molecule has 0 bridgehead atoms. The van der Waals surface area contributed by atoms with Crippen LogP contribution >= 0.6 is 0 Å². The van der Waals surface area contributed by atoms with Gasteiger partial charge >= 0.3 is 0 Å². The maximum Gasteiger partial charge on any atom is 0.146 e. The number of nitriles is 1. The molecule has 2 aliphatic rings. The Bertz CT molecular complexity index is 469. The van der Waals surface area contributed by atoms with Crippen LogP contribution in [0.1, 0.15) is 31.2 Å². The van der Waals surface area contributed by atoms with Gasteiger partial charge in [-0.15, -0.1) is 0 Å². The molecule has 2 heterocycles. The third-order valence-corrected chi connectivity index (χ3v) is 4.08. The highest BCUT2D eigenvalue weighted by Gasteiger charge is 2.33. The molecule has 0 spiro atoms. The Kier molecular flexibility index (Phi) is 3.65. The smallest absolute Gasteiger partial charge is 0.146 e. The summed E-state index contributed by atoms with van der Waals surface area (Å²) in [5.41, 5.74) is 0.711. The van der Waals surface area contributed by atoms with Crippen molar-refractivity contribution in [3.8, 4) is 6.07 Å². The molecule has 0 radical (unpaired) electrons. The van der Waals surface area contributed by atoms with E-state index in [1.807, 2.05) is 12.1 Å². The first-order chi connectivity index (χ1) is 9.38. The van der Waals surface area contributed by atoms with Crippen LogP contribution in [0.5, 0.6) is 0 Å². The highest BCUT2D eigenvalue weighted by atomic mass is 15.2. The van der Waals surface area contributed by atoms with Crippen molar-refractivity contribution in [1.29, 1.82) is 5.26 Å². The van der Waals surface area contributed by atoms with Crippen LogP contribution in [-0.4, -0.2) is 30.7 Å². The largest absolute Gasteiger partial charge is 0.352 e. The summed E-state index contributed by atoms with van der Waals surface area (Å²) in [7, 11) is 0. The lowest BCUT2D eigenvalue weighted by atomic mass is 9.97. The predicted octanol–water partition coefficient (Wildman–Crippen LogP) is 1.92. The van der Waals surface area contributed by atoms with E-state index in [2.05, 4.69) is 21.3 Å². The molecule has 0 atom stereocenters. The quantitative estimate of drug-likeness (QED) is 0.894. The Morgan fingerprint density at radius 1 is 1.32 bits per heavy atom. The molecule has 0 unspecified atom stereocenters. The number of hydrogen-bond acceptors (Lipinski definition) is 4. The van der Waals surface area contributed by atoms with Gasteiger partial charge in [0.05, 0.1) is 5.56 Å². The molecule has 1 N–H and O–H groups in total. The zero-order valence-corrected chi connectivity index (χ0v) is 11.2. The van der Waals surface area contributed by atoms with Crippen LogP contribution in [0.2, 0.25) is 0 Å². The van der Waals surface area contributed by atoms with Gasteiger partial charge in [0, 0.05) is 18.8 Å². The molecule has 2 fully saturated rings. The fraction of sp³-hybridized carbons (Fsp3) is 0.600. The minimum Gasteiger partial charge on any atom is -0.352 e. The average Bonchev–Trinajstić information content (AvgIpc) is 3.30. The Morgan fingerprint density at radius 3 is 2.79 bits per heavy atom. The maximum atomic E-state index is 9.25. The number of piperidine rings is 1. The predicted molar refractivity (Wildman–Crippen MR) is 74.9 cm³/mol. The standard InChI is InChI=1S/C15H20N4/c16-10-13-2-1-7-18-15(13)19(14-3-4-14)11-12-5-8-17-9-6-12/h1-2,7,12,14,17H,3-6,8-9,11H2. The van der Waals surface area contributed by atoms with Crippen LogP contribution in [0, 0.1) is 17.2 Å². The van der Waals surface area contributed by atoms with E-state index in [-0.39, 0.29) is 0 Å². The summed E-state index contributed by atoms with van der Waals surface area (Å²) in [4.78, 5) is 6.85. The topological polar surface area (TPSA) is 52.0 Å². The molecular weight excluding hydrogens is 236 g/mol. The second-order valence-electron chi connectivity index (χ2n) is 5.56. The van der Waals surface area contributed by atoms with E-state index < -0.39 is 0 Å². The summed E-state index contributed by atoms with van der Waals surface area (Å²) in [5, 5.41) is 12.7. The van der Waals surface area contributed by atoms with Gasteiger partial charge in [-0.2, -0.15) is 5.26 Å². The lowest BCUT2D eigenvalue weighted by molar-refractivity contribution is 0.372. The summed E-state index contributed by atoms with van der Waals surface area (Å²) in [5.74, 6) is 1.63. The van der Waals surface area contributed by atoms with Crippen LogP contribution in [0.3, 0.4) is 0 Å². The summed E-state index contributed by atoms with van der Waals surface area (Å²) in [6, 6.07) is 6.61. The molecular formula is C15H20N4. The van der Waals surface area contributed by atoms with E-state index in [9.17, 15) is 5.26 Å². The fourth-order valence-corrected chi connectivity index (χ4v) is 2.85. The second kappa shape index (κ2) is 5.58. The Hall–Kier alpha value is -1.60. The molecule has 19 heavy (non-hydrogen) atoms. The lowest BCUT2D eigenvalue weighted by Crippen LogP contribution is -2.38.